The predicted molar refractivity (Wildman–Crippen MR) is 55.0 cm³/mol. The van der Waals surface area contributed by atoms with Gasteiger partial charge in [-0.05, 0) is 32.4 Å². The van der Waals surface area contributed by atoms with Gasteiger partial charge in [-0.15, -0.1) is 0 Å². The SMILES string of the molecule is Cc1ccc(C(O)COC(C)C)nc1. The lowest BCUT2D eigenvalue weighted by Crippen LogP contribution is -2.12. The first-order valence-corrected chi connectivity index (χ1v) is 4.82. The molecule has 3 heteroatoms. The quantitative estimate of drug-likeness (QED) is 0.797. The van der Waals surface area contributed by atoms with Gasteiger partial charge in [-0.2, -0.15) is 0 Å². The lowest BCUT2D eigenvalue weighted by atomic mass is 10.2. The molecule has 0 fully saturated rings. The van der Waals surface area contributed by atoms with Crippen LogP contribution in [0.15, 0.2) is 18.3 Å². The van der Waals surface area contributed by atoms with Gasteiger partial charge in [-0.25, -0.2) is 0 Å². The van der Waals surface area contributed by atoms with Gasteiger partial charge < -0.3 is 9.84 Å². The molecule has 1 N–H and O–H groups in total. The second kappa shape index (κ2) is 5.08. The highest BCUT2D eigenvalue weighted by Crippen LogP contribution is 2.11. The van der Waals surface area contributed by atoms with Gasteiger partial charge in [0.25, 0.3) is 0 Å². The van der Waals surface area contributed by atoms with E-state index in [0.717, 1.165) is 5.56 Å². The summed E-state index contributed by atoms with van der Waals surface area (Å²) < 4.78 is 5.30. The summed E-state index contributed by atoms with van der Waals surface area (Å²) in [5, 5.41) is 9.67. The maximum Gasteiger partial charge on any atom is 0.119 e. The van der Waals surface area contributed by atoms with Crippen LogP contribution in [0, 0.1) is 6.92 Å². The van der Waals surface area contributed by atoms with Crippen molar-refractivity contribution in [3.63, 3.8) is 0 Å². The van der Waals surface area contributed by atoms with Crippen molar-refractivity contribution in [2.75, 3.05) is 6.61 Å². The summed E-state index contributed by atoms with van der Waals surface area (Å²) in [6.45, 7) is 6.14. The van der Waals surface area contributed by atoms with E-state index >= 15 is 0 Å². The summed E-state index contributed by atoms with van der Waals surface area (Å²) in [7, 11) is 0. The Labute approximate surface area is 84.7 Å². The topological polar surface area (TPSA) is 42.4 Å². The molecular weight excluding hydrogens is 178 g/mol. The number of hydrogen-bond donors (Lipinski definition) is 1. The Morgan fingerprint density at radius 3 is 2.64 bits per heavy atom. The number of rotatable bonds is 4. The molecule has 0 radical (unpaired) electrons. The van der Waals surface area contributed by atoms with Crippen molar-refractivity contribution < 1.29 is 9.84 Å². The molecule has 1 rings (SSSR count). The maximum absolute atomic E-state index is 9.67. The van der Waals surface area contributed by atoms with Crippen LogP contribution >= 0.6 is 0 Å². The Hall–Kier alpha value is -0.930. The monoisotopic (exact) mass is 195 g/mol. The second-order valence-corrected chi connectivity index (χ2v) is 3.66. The average Bonchev–Trinajstić information content (AvgIpc) is 2.15. The third-order valence-electron chi connectivity index (χ3n) is 1.86. The highest BCUT2D eigenvalue weighted by atomic mass is 16.5. The van der Waals surface area contributed by atoms with Gasteiger partial charge in [0.1, 0.15) is 6.10 Å². The van der Waals surface area contributed by atoms with E-state index < -0.39 is 6.10 Å². The van der Waals surface area contributed by atoms with Crippen molar-refractivity contribution in [3.05, 3.63) is 29.6 Å². The van der Waals surface area contributed by atoms with E-state index in [9.17, 15) is 5.11 Å². The van der Waals surface area contributed by atoms with Crippen molar-refractivity contribution in [3.8, 4) is 0 Å². The normalized spacial score (nSPS) is 13.2. The molecule has 1 heterocycles. The minimum absolute atomic E-state index is 0.134. The van der Waals surface area contributed by atoms with Crippen LogP contribution in [-0.4, -0.2) is 22.8 Å². The zero-order chi connectivity index (χ0) is 10.6. The number of pyridine rings is 1. The maximum atomic E-state index is 9.67. The second-order valence-electron chi connectivity index (χ2n) is 3.66. The van der Waals surface area contributed by atoms with Crippen LogP contribution in [-0.2, 0) is 4.74 Å². The van der Waals surface area contributed by atoms with Crippen LogP contribution in [0.1, 0.15) is 31.2 Å². The number of nitrogens with zero attached hydrogens (tertiary/aromatic N) is 1. The Bertz CT molecular complexity index is 269. The molecule has 1 atom stereocenters. The average molecular weight is 195 g/mol. The van der Waals surface area contributed by atoms with Crippen molar-refractivity contribution in [1.82, 2.24) is 4.98 Å². The number of hydrogen-bond acceptors (Lipinski definition) is 3. The van der Waals surface area contributed by atoms with Crippen LogP contribution in [0.4, 0.5) is 0 Å². The molecule has 1 unspecified atom stereocenters. The molecule has 0 aliphatic carbocycles. The molecule has 1 aromatic heterocycles. The van der Waals surface area contributed by atoms with Gasteiger partial charge >= 0.3 is 0 Å². The van der Waals surface area contributed by atoms with Crippen LogP contribution in [0.5, 0.6) is 0 Å². The molecule has 0 aromatic carbocycles. The molecule has 0 saturated carbocycles. The van der Waals surface area contributed by atoms with E-state index in [1.165, 1.54) is 0 Å². The molecule has 1 aromatic rings. The van der Waals surface area contributed by atoms with Crippen molar-refractivity contribution >= 4 is 0 Å². The lowest BCUT2D eigenvalue weighted by Gasteiger charge is -2.12. The largest absolute Gasteiger partial charge is 0.384 e. The van der Waals surface area contributed by atoms with E-state index in [-0.39, 0.29) is 6.10 Å². The zero-order valence-electron chi connectivity index (χ0n) is 8.90. The fraction of sp³-hybridized carbons (Fsp3) is 0.545. The van der Waals surface area contributed by atoms with Gasteiger partial charge in [-0.1, -0.05) is 6.07 Å². The van der Waals surface area contributed by atoms with Crippen molar-refractivity contribution in [2.45, 2.75) is 33.0 Å². The first-order chi connectivity index (χ1) is 6.59. The molecule has 0 spiro atoms. The summed E-state index contributed by atoms with van der Waals surface area (Å²) in [5.74, 6) is 0. The summed E-state index contributed by atoms with van der Waals surface area (Å²) in [6.07, 6.45) is 1.25. The number of aromatic nitrogens is 1. The lowest BCUT2D eigenvalue weighted by molar-refractivity contribution is 0.00327. The van der Waals surface area contributed by atoms with Crippen LogP contribution in [0.2, 0.25) is 0 Å². The number of aryl methyl sites for hydroxylation is 1. The van der Waals surface area contributed by atoms with Crippen molar-refractivity contribution in [2.24, 2.45) is 0 Å². The Balaban J connectivity index is 2.52. The summed E-state index contributed by atoms with van der Waals surface area (Å²) >= 11 is 0. The van der Waals surface area contributed by atoms with E-state index in [2.05, 4.69) is 4.98 Å². The van der Waals surface area contributed by atoms with Gasteiger partial charge in [0.2, 0.25) is 0 Å². The summed E-state index contributed by atoms with van der Waals surface area (Å²) in [5.41, 5.74) is 1.75. The molecule has 0 bridgehead atoms. The van der Waals surface area contributed by atoms with Crippen LogP contribution in [0.25, 0.3) is 0 Å². The molecule has 0 amide bonds. The summed E-state index contributed by atoms with van der Waals surface area (Å²) in [4.78, 5) is 4.13. The Morgan fingerprint density at radius 2 is 2.14 bits per heavy atom. The first kappa shape index (κ1) is 11.1. The molecule has 0 aliphatic heterocycles. The van der Waals surface area contributed by atoms with E-state index in [4.69, 9.17) is 4.74 Å². The molecule has 0 aliphatic rings. The van der Waals surface area contributed by atoms with Gasteiger partial charge in [0.15, 0.2) is 0 Å². The third-order valence-corrected chi connectivity index (χ3v) is 1.86. The fourth-order valence-corrected chi connectivity index (χ4v) is 1.05. The smallest absolute Gasteiger partial charge is 0.119 e. The number of ether oxygens (including phenoxy) is 1. The van der Waals surface area contributed by atoms with E-state index in [1.54, 1.807) is 6.20 Å². The van der Waals surface area contributed by atoms with Gasteiger partial charge in [0, 0.05) is 6.20 Å². The predicted octanol–water partition coefficient (Wildman–Crippen LogP) is 1.85. The number of aliphatic hydroxyl groups excluding tert-OH is 1. The van der Waals surface area contributed by atoms with Gasteiger partial charge in [-0.3, -0.25) is 4.98 Å². The van der Waals surface area contributed by atoms with Crippen LogP contribution in [0.3, 0.4) is 0 Å². The van der Waals surface area contributed by atoms with Gasteiger partial charge in [0.05, 0.1) is 18.4 Å². The molecule has 78 valence electrons. The zero-order valence-corrected chi connectivity index (χ0v) is 8.90. The number of aliphatic hydroxyl groups is 1. The highest BCUT2D eigenvalue weighted by Gasteiger charge is 2.09. The summed E-state index contributed by atoms with van der Waals surface area (Å²) in [6, 6.07) is 3.75. The Kier molecular flexibility index (Phi) is 4.04. The van der Waals surface area contributed by atoms with Crippen molar-refractivity contribution in [1.29, 1.82) is 0 Å². The minimum Gasteiger partial charge on any atom is -0.384 e. The fourth-order valence-electron chi connectivity index (χ4n) is 1.05. The highest BCUT2D eigenvalue weighted by molar-refractivity contribution is 5.13. The molecule has 14 heavy (non-hydrogen) atoms. The molecule has 0 saturated heterocycles. The third kappa shape index (κ3) is 3.44. The molecule has 3 nitrogen and oxygen atoms in total. The molecular formula is C11H17NO2. The Morgan fingerprint density at radius 1 is 1.43 bits per heavy atom. The van der Waals surface area contributed by atoms with E-state index in [0.29, 0.717) is 12.3 Å². The van der Waals surface area contributed by atoms with Crippen LogP contribution < -0.4 is 0 Å². The minimum atomic E-state index is -0.627. The standard InChI is InChI=1S/C11H17NO2/c1-8(2)14-7-11(13)10-5-4-9(3)6-12-10/h4-6,8,11,13H,7H2,1-3H3. The first-order valence-electron chi connectivity index (χ1n) is 4.82. The van der Waals surface area contributed by atoms with E-state index in [1.807, 2.05) is 32.9 Å².